The predicted octanol–water partition coefficient (Wildman–Crippen LogP) is 2.88. The molecule has 0 radical (unpaired) electrons. The maximum Gasteiger partial charge on any atom is 0.0721 e. The maximum absolute atomic E-state index is 5.71. The van der Waals surface area contributed by atoms with Crippen molar-refractivity contribution in [2.24, 2.45) is 0 Å². The second-order valence-electron chi connectivity index (χ2n) is 2.89. The normalized spacial score (nSPS) is 10.1. The van der Waals surface area contributed by atoms with Crippen molar-refractivity contribution in [3.8, 4) is 11.3 Å². The Morgan fingerprint density at radius 3 is 2.79 bits per heavy atom. The van der Waals surface area contributed by atoms with Crippen LogP contribution in [0, 0.1) is 0 Å². The van der Waals surface area contributed by atoms with Gasteiger partial charge in [-0.15, -0.1) is 11.6 Å². The lowest BCUT2D eigenvalue weighted by Crippen LogP contribution is -1.88. The van der Waals surface area contributed by atoms with Gasteiger partial charge in [-0.25, -0.2) is 0 Å². The van der Waals surface area contributed by atoms with Gasteiger partial charge >= 0.3 is 0 Å². The summed E-state index contributed by atoms with van der Waals surface area (Å²) in [7, 11) is 0. The maximum atomic E-state index is 5.71. The number of hydrogen-bond acceptors (Lipinski definition) is 2. The van der Waals surface area contributed by atoms with Crippen molar-refractivity contribution in [3.05, 3.63) is 48.4 Å². The molecule has 14 heavy (non-hydrogen) atoms. The van der Waals surface area contributed by atoms with Gasteiger partial charge in [-0.2, -0.15) is 0 Å². The summed E-state index contributed by atoms with van der Waals surface area (Å²) in [6.45, 7) is 0. The van der Waals surface area contributed by atoms with Gasteiger partial charge in [0, 0.05) is 18.0 Å². The zero-order valence-corrected chi connectivity index (χ0v) is 8.28. The van der Waals surface area contributed by atoms with Crippen LogP contribution in [-0.2, 0) is 5.88 Å². The molecule has 0 aliphatic carbocycles. The van der Waals surface area contributed by atoms with Crippen LogP contribution in [-0.4, -0.2) is 9.97 Å². The van der Waals surface area contributed by atoms with Crippen LogP contribution in [0.25, 0.3) is 11.3 Å². The summed E-state index contributed by atoms with van der Waals surface area (Å²) in [5, 5.41) is 0. The molecular formula is C11H9ClN2. The second-order valence-corrected chi connectivity index (χ2v) is 3.16. The van der Waals surface area contributed by atoms with E-state index >= 15 is 0 Å². The SMILES string of the molecule is ClCc1cccc(-c2cccnc2)n1. The van der Waals surface area contributed by atoms with Crippen molar-refractivity contribution < 1.29 is 0 Å². The predicted molar refractivity (Wildman–Crippen MR) is 57.0 cm³/mol. The zero-order valence-electron chi connectivity index (χ0n) is 7.52. The van der Waals surface area contributed by atoms with Gasteiger partial charge in [-0.3, -0.25) is 9.97 Å². The van der Waals surface area contributed by atoms with Gasteiger partial charge in [0.2, 0.25) is 0 Å². The summed E-state index contributed by atoms with van der Waals surface area (Å²) < 4.78 is 0. The Kier molecular flexibility index (Phi) is 2.75. The molecule has 0 unspecified atom stereocenters. The molecule has 0 aromatic carbocycles. The van der Waals surface area contributed by atoms with E-state index in [2.05, 4.69) is 9.97 Å². The molecule has 0 spiro atoms. The van der Waals surface area contributed by atoms with E-state index in [1.54, 1.807) is 12.4 Å². The highest BCUT2D eigenvalue weighted by molar-refractivity contribution is 6.16. The molecule has 3 heteroatoms. The highest BCUT2D eigenvalue weighted by Crippen LogP contribution is 2.15. The molecular weight excluding hydrogens is 196 g/mol. The molecule has 0 aliphatic rings. The summed E-state index contributed by atoms with van der Waals surface area (Å²) in [5.74, 6) is 0.439. The number of pyridine rings is 2. The fourth-order valence-electron chi connectivity index (χ4n) is 1.23. The molecule has 2 rings (SSSR count). The number of hydrogen-bond donors (Lipinski definition) is 0. The number of rotatable bonds is 2. The average molecular weight is 205 g/mol. The van der Waals surface area contributed by atoms with E-state index in [0.29, 0.717) is 5.88 Å². The first-order valence-electron chi connectivity index (χ1n) is 4.32. The van der Waals surface area contributed by atoms with Crippen LogP contribution in [0.5, 0.6) is 0 Å². The van der Waals surface area contributed by atoms with Gasteiger partial charge in [-0.05, 0) is 24.3 Å². The molecule has 0 amide bonds. The van der Waals surface area contributed by atoms with Gasteiger partial charge in [0.25, 0.3) is 0 Å². The van der Waals surface area contributed by atoms with E-state index in [1.807, 2.05) is 30.3 Å². The monoisotopic (exact) mass is 204 g/mol. The molecule has 2 aromatic heterocycles. The second kappa shape index (κ2) is 4.20. The molecule has 0 saturated heterocycles. The van der Waals surface area contributed by atoms with Crippen LogP contribution in [0.2, 0.25) is 0 Å². The number of alkyl halides is 1. The van der Waals surface area contributed by atoms with Crippen LogP contribution in [0.4, 0.5) is 0 Å². The van der Waals surface area contributed by atoms with Crippen LogP contribution in [0.1, 0.15) is 5.69 Å². The standard InChI is InChI=1S/C11H9ClN2/c12-7-10-4-1-5-11(14-10)9-3-2-6-13-8-9/h1-6,8H,7H2. The van der Waals surface area contributed by atoms with Crippen LogP contribution >= 0.6 is 11.6 Å². The molecule has 2 heterocycles. The first-order valence-corrected chi connectivity index (χ1v) is 4.86. The van der Waals surface area contributed by atoms with Crippen molar-refractivity contribution in [1.82, 2.24) is 9.97 Å². The summed E-state index contributed by atoms with van der Waals surface area (Å²) in [5.41, 5.74) is 2.81. The van der Waals surface area contributed by atoms with Crippen molar-refractivity contribution in [2.75, 3.05) is 0 Å². The quantitative estimate of drug-likeness (QED) is 0.703. The fourth-order valence-corrected chi connectivity index (χ4v) is 1.38. The van der Waals surface area contributed by atoms with Gasteiger partial charge in [0.05, 0.1) is 17.3 Å². The number of aromatic nitrogens is 2. The largest absolute Gasteiger partial charge is 0.264 e. The average Bonchev–Trinajstić information content (AvgIpc) is 2.30. The van der Waals surface area contributed by atoms with Crippen LogP contribution in [0.15, 0.2) is 42.7 Å². The summed E-state index contributed by atoms with van der Waals surface area (Å²) in [4.78, 5) is 8.43. The molecule has 70 valence electrons. The topological polar surface area (TPSA) is 25.8 Å². The fraction of sp³-hybridized carbons (Fsp3) is 0.0909. The molecule has 0 bridgehead atoms. The first-order chi connectivity index (χ1) is 6.90. The number of nitrogens with zero attached hydrogens (tertiary/aromatic N) is 2. The Bertz CT molecular complexity index is 415. The van der Waals surface area contributed by atoms with Gasteiger partial charge in [0.15, 0.2) is 0 Å². The van der Waals surface area contributed by atoms with Crippen molar-refractivity contribution in [1.29, 1.82) is 0 Å². The van der Waals surface area contributed by atoms with Crippen molar-refractivity contribution in [3.63, 3.8) is 0 Å². The van der Waals surface area contributed by atoms with E-state index in [9.17, 15) is 0 Å². The Morgan fingerprint density at radius 1 is 1.14 bits per heavy atom. The Morgan fingerprint density at radius 2 is 2.07 bits per heavy atom. The van der Waals surface area contributed by atoms with E-state index in [0.717, 1.165) is 17.0 Å². The van der Waals surface area contributed by atoms with Gasteiger partial charge in [-0.1, -0.05) is 6.07 Å². The smallest absolute Gasteiger partial charge is 0.0721 e. The van der Waals surface area contributed by atoms with Crippen LogP contribution in [0.3, 0.4) is 0 Å². The summed E-state index contributed by atoms with van der Waals surface area (Å²) in [6, 6.07) is 9.69. The molecule has 2 aromatic rings. The summed E-state index contributed by atoms with van der Waals surface area (Å²) in [6.07, 6.45) is 3.54. The number of halogens is 1. The van der Waals surface area contributed by atoms with Crippen molar-refractivity contribution >= 4 is 11.6 Å². The Labute approximate surface area is 87.6 Å². The Hall–Kier alpha value is -1.41. The van der Waals surface area contributed by atoms with E-state index in [4.69, 9.17) is 11.6 Å². The third-order valence-electron chi connectivity index (χ3n) is 1.90. The third kappa shape index (κ3) is 1.91. The first kappa shape index (κ1) is 9.16. The minimum absolute atomic E-state index is 0.439. The third-order valence-corrected chi connectivity index (χ3v) is 2.17. The lowest BCUT2D eigenvalue weighted by Gasteiger charge is -2.01. The highest BCUT2D eigenvalue weighted by atomic mass is 35.5. The molecule has 0 atom stereocenters. The zero-order chi connectivity index (χ0) is 9.80. The highest BCUT2D eigenvalue weighted by Gasteiger charge is 1.99. The molecule has 0 saturated carbocycles. The lowest BCUT2D eigenvalue weighted by molar-refractivity contribution is 1.17. The van der Waals surface area contributed by atoms with Crippen LogP contribution < -0.4 is 0 Å². The lowest BCUT2D eigenvalue weighted by atomic mass is 10.2. The van der Waals surface area contributed by atoms with Gasteiger partial charge in [0.1, 0.15) is 0 Å². The molecule has 0 aliphatic heterocycles. The summed E-state index contributed by atoms with van der Waals surface area (Å²) >= 11 is 5.71. The molecule has 2 nitrogen and oxygen atoms in total. The minimum Gasteiger partial charge on any atom is -0.264 e. The Balaban J connectivity index is 2.42. The molecule has 0 fully saturated rings. The molecule has 0 N–H and O–H groups in total. The minimum atomic E-state index is 0.439. The van der Waals surface area contributed by atoms with E-state index < -0.39 is 0 Å². The van der Waals surface area contributed by atoms with E-state index in [-0.39, 0.29) is 0 Å². The van der Waals surface area contributed by atoms with E-state index in [1.165, 1.54) is 0 Å². The van der Waals surface area contributed by atoms with Gasteiger partial charge < -0.3 is 0 Å². The van der Waals surface area contributed by atoms with Crippen molar-refractivity contribution in [2.45, 2.75) is 5.88 Å².